The van der Waals surface area contributed by atoms with Crippen molar-refractivity contribution in [1.82, 2.24) is 18.9 Å². The first-order valence-corrected chi connectivity index (χ1v) is 11.7. The number of fused-ring (bicyclic) bond motifs is 1. The Labute approximate surface area is 189 Å². The molecule has 0 amide bonds. The van der Waals surface area contributed by atoms with Crippen LogP contribution >= 0.6 is 11.6 Å². The van der Waals surface area contributed by atoms with Crippen LogP contribution in [0.25, 0.3) is 11.0 Å². The Balaban J connectivity index is 1.70. The number of hydrogen-bond donors (Lipinski definition) is 1. The first-order valence-electron chi connectivity index (χ1n) is 9.84. The molecule has 0 saturated heterocycles. The number of halogens is 1. The van der Waals surface area contributed by atoms with Crippen LogP contribution in [-0.2, 0) is 27.7 Å². The second kappa shape index (κ2) is 9.05. The molecule has 0 atom stereocenters. The van der Waals surface area contributed by atoms with Gasteiger partial charge in [0.15, 0.2) is 5.03 Å². The SMILES string of the molecule is O=C(O)CCCc1cc2nc(Cl)ccc2n1S(=O)(=O)c1cnc(Cc2ccccc2)cn1. The highest BCUT2D eigenvalue weighted by Crippen LogP contribution is 2.26. The van der Waals surface area contributed by atoms with E-state index >= 15 is 0 Å². The topological polar surface area (TPSA) is 115 Å². The fourth-order valence-electron chi connectivity index (χ4n) is 3.44. The molecule has 4 rings (SSSR count). The molecule has 3 heterocycles. The zero-order chi connectivity index (χ0) is 22.7. The van der Waals surface area contributed by atoms with Gasteiger partial charge in [0, 0.05) is 18.5 Å². The number of benzene rings is 1. The van der Waals surface area contributed by atoms with Gasteiger partial charge in [0.2, 0.25) is 0 Å². The molecular formula is C22H19ClN4O4S. The summed E-state index contributed by atoms with van der Waals surface area (Å²) in [6.07, 6.45) is 3.65. The van der Waals surface area contributed by atoms with Crippen LogP contribution in [0.1, 0.15) is 29.8 Å². The van der Waals surface area contributed by atoms with Crippen LogP contribution < -0.4 is 0 Å². The molecule has 0 aliphatic heterocycles. The Hall–Kier alpha value is -3.30. The molecule has 0 spiro atoms. The van der Waals surface area contributed by atoms with E-state index in [-0.39, 0.29) is 29.4 Å². The van der Waals surface area contributed by atoms with E-state index in [1.807, 2.05) is 30.3 Å². The molecule has 4 aromatic rings. The first kappa shape index (κ1) is 21.9. The number of hydrogen-bond acceptors (Lipinski definition) is 6. The van der Waals surface area contributed by atoms with Crippen molar-refractivity contribution in [2.24, 2.45) is 0 Å². The zero-order valence-electron chi connectivity index (χ0n) is 16.8. The lowest BCUT2D eigenvalue weighted by Gasteiger charge is -2.11. The van der Waals surface area contributed by atoms with Gasteiger partial charge in [0.25, 0.3) is 10.0 Å². The summed E-state index contributed by atoms with van der Waals surface area (Å²) < 4.78 is 28.1. The zero-order valence-corrected chi connectivity index (χ0v) is 18.4. The van der Waals surface area contributed by atoms with Gasteiger partial charge in [-0.3, -0.25) is 9.78 Å². The van der Waals surface area contributed by atoms with Crippen molar-refractivity contribution in [3.05, 3.63) is 83.0 Å². The fraction of sp³-hybridized carbons (Fsp3) is 0.182. The average Bonchev–Trinajstić information content (AvgIpc) is 3.12. The lowest BCUT2D eigenvalue weighted by molar-refractivity contribution is -0.137. The van der Waals surface area contributed by atoms with E-state index in [1.165, 1.54) is 18.5 Å². The number of carboxylic acids is 1. The third-order valence-electron chi connectivity index (χ3n) is 4.89. The normalized spacial score (nSPS) is 11.7. The van der Waals surface area contributed by atoms with E-state index in [9.17, 15) is 13.2 Å². The fourth-order valence-corrected chi connectivity index (χ4v) is 5.02. The minimum Gasteiger partial charge on any atom is -0.481 e. The summed E-state index contributed by atoms with van der Waals surface area (Å²) in [5, 5.41) is 8.96. The van der Waals surface area contributed by atoms with E-state index in [0.717, 1.165) is 9.54 Å². The highest BCUT2D eigenvalue weighted by atomic mass is 35.5. The van der Waals surface area contributed by atoms with Gasteiger partial charge in [-0.2, -0.15) is 8.42 Å². The van der Waals surface area contributed by atoms with Crippen LogP contribution in [0.3, 0.4) is 0 Å². The number of nitrogens with zero attached hydrogens (tertiary/aromatic N) is 4. The molecule has 0 fully saturated rings. The van der Waals surface area contributed by atoms with Crippen LogP contribution in [0, 0.1) is 0 Å². The Morgan fingerprint density at radius 2 is 1.84 bits per heavy atom. The van der Waals surface area contributed by atoms with E-state index in [2.05, 4.69) is 15.0 Å². The molecule has 1 N–H and O–H groups in total. The van der Waals surface area contributed by atoms with Crippen LogP contribution in [0.2, 0.25) is 5.15 Å². The van der Waals surface area contributed by atoms with Gasteiger partial charge in [0.05, 0.1) is 29.1 Å². The first-order chi connectivity index (χ1) is 15.3. The van der Waals surface area contributed by atoms with Gasteiger partial charge in [-0.15, -0.1) is 0 Å². The van der Waals surface area contributed by atoms with Gasteiger partial charge in [0.1, 0.15) is 5.15 Å². The van der Waals surface area contributed by atoms with Crippen molar-refractivity contribution < 1.29 is 18.3 Å². The molecule has 164 valence electrons. The summed E-state index contributed by atoms with van der Waals surface area (Å²) >= 11 is 5.97. The van der Waals surface area contributed by atoms with Crippen LogP contribution in [0.5, 0.6) is 0 Å². The smallest absolute Gasteiger partial charge is 0.303 e. The molecule has 3 aromatic heterocycles. The molecule has 8 nitrogen and oxygen atoms in total. The van der Waals surface area contributed by atoms with Crippen LogP contribution in [0.15, 0.2) is 66.0 Å². The van der Waals surface area contributed by atoms with E-state index in [1.54, 1.807) is 12.1 Å². The third-order valence-corrected chi connectivity index (χ3v) is 6.75. The number of aliphatic carboxylic acids is 1. The number of carbonyl (C=O) groups is 1. The minimum absolute atomic E-state index is 0.0796. The summed E-state index contributed by atoms with van der Waals surface area (Å²) in [6, 6.07) is 14.4. The molecule has 0 aliphatic carbocycles. The van der Waals surface area contributed by atoms with Crippen molar-refractivity contribution in [3.63, 3.8) is 0 Å². The van der Waals surface area contributed by atoms with E-state index in [4.69, 9.17) is 16.7 Å². The third kappa shape index (κ3) is 4.63. The quantitative estimate of drug-likeness (QED) is 0.390. The van der Waals surface area contributed by atoms with E-state index < -0.39 is 16.0 Å². The molecule has 1 aromatic carbocycles. The lowest BCUT2D eigenvalue weighted by atomic mass is 10.1. The number of aryl methyl sites for hydroxylation is 1. The highest BCUT2D eigenvalue weighted by molar-refractivity contribution is 7.90. The predicted molar refractivity (Wildman–Crippen MR) is 119 cm³/mol. The number of aromatic nitrogens is 4. The monoisotopic (exact) mass is 470 g/mol. The second-order valence-electron chi connectivity index (χ2n) is 7.20. The lowest BCUT2D eigenvalue weighted by Crippen LogP contribution is -2.18. The van der Waals surface area contributed by atoms with Gasteiger partial charge in [-0.05, 0) is 36.6 Å². The van der Waals surface area contributed by atoms with Gasteiger partial charge >= 0.3 is 5.97 Å². The molecule has 32 heavy (non-hydrogen) atoms. The highest BCUT2D eigenvalue weighted by Gasteiger charge is 2.25. The molecular weight excluding hydrogens is 452 g/mol. The van der Waals surface area contributed by atoms with Crippen molar-refractivity contribution in [3.8, 4) is 0 Å². The van der Waals surface area contributed by atoms with Gasteiger partial charge in [-0.25, -0.2) is 13.9 Å². The molecule has 0 saturated carbocycles. The molecule has 0 radical (unpaired) electrons. The predicted octanol–water partition coefficient (Wildman–Crippen LogP) is 3.71. The molecule has 0 unspecified atom stereocenters. The summed E-state index contributed by atoms with van der Waals surface area (Å²) in [6.45, 7) is 0. The maximum absolute atomic E-state index is 13.5. The summed E-state index contributed by atoms with van der Waals surface area (Å²) in [5.74, 6) is -0.948. The Kier molecular flexibility index (Phi) is 6.20. The number of rotatable bonds is 8. The van der Waals surface area contributed by atoms with Crippen molar-refractivity contribution in [2.45, 2.75) is 30.7 Å². The largest absolute Gasteiger partial charge is 0.481 e. The molecule has 10 heteroatoms. The summed E-state index contributed by atoms with van der Waals surface area (Å²) in [7, 11) is -4.09. The maximum atomic E-state index is 13.5. The maximum Gasteiger partial charge on any atom is 0.303 e. The van der Waals surface area contributed by atoms with E-state index in [0.29, 0.717) is 28.8 Å². The number of pyridine rings is 1. The van der Waals surface area contributed by atoms with Crippen molar-refractivity contribution in [1.29, 1.82) is 0 Å². The van der Waals surface area contributed by atoms with Crippen LogP contribution in [0.4, 0.5) is 0 Å². The summed E-state index contributed by atoms with van der Waals surface area (Å²) in [5.41, 5.74) is 2.83. The Morgan fingerprint density at radius 3 is 2.53 bits per heavy atom. The average molecular weight is 471 g/mol. The van der Waals surface area contributed by atoms with Gasteiger partial charge in [-0.1, -0.05) is 41.9 Å². The van der Waals surface area contributed by atoms with Gasteiger partial charge < -0.3 is 5.11 Å². The van der Waals surface area contributed by atoms with Crippen molar-refractivity contribution in [2.75, 3.05) is 0 Å². The van der Waals surface area contributed by atoms with Crippen molar-refractivity contribution >= 4 is 38.6 Å². The molecule has 0 aliphatic rings. The minimum atomic E-state index is -4.09. The number of carboxylic acid groups (broad SMARTS) is 1. The Bertz CT molecular complexity index is 1370. The Morgan fingerprint density at radius 1 is 1.06 bits per heavy atom. The standard InChI is InChI=1S/C22H19ClN4O4S/c23-20-10-9-19-18(26-20)12-17(7-4-8-22(28)29)27(19)32(30,31)21-14-24-16(13-25-21)11-15-5-2-1-3-6-15/h1-3,5-6,9-10,12-14H,4,7-8,11H2,(H,28,29). The molecule has 0 bridgehead atoms. The second-order valence-corrected chi connectivity index (χ2v) is 9.32. The van der Waals surface area contributed by atoms with Crippen LogP contribution in [-0.4, -0.2) is 38.4 Å². The summed E-state index contributed by atoms with van der Waals surface area (Å²) in [4.78, 5) is 23.5.